The van der Waals surface area contributed by atoms with Crippen LogP contribution in [0.5, 0.6) is 0 Å². The van der Waals surface area contributed by atoms with Crippen LogP contribution in [-0.4, -0.2) is 18.9 Å². The normalized spacial score (nSPS) is 12.0. The summed E-state index contributed by atoms with van der Waals surface area (Å²) in [6, 6.07) is 11.8. The van der Waals surface area contributed by atoms with Crippen LogP contribution in [0.3, 0.4) is 0 Å². The third-order valence-corrected chi connectivity index (χ3v) is 5.44. The molecule has 9 heteroatoms. The number of aromatic nitrogens is 1. The van der Waals surface area contributed by atoms with Crippen molar-refractivity contribution >= 4 is 15.9 Å². The number of amides is 1. The molecule has 0 atom stereocenters. The smallest absolute Gasteiger partial charge is 0.324 e. The van der Waals surface area contributed by atoms with Gasteiger partial charge >= 0.3 is 6.18 Å². The molecule has 1 aromatic heterocycles. The zero-order chi connectivity index (χ0) is 20.5. The molecule has 1 amide bonds. The molecule has 0 aliphatic carbocycles. The summed E-state index contributed by atoms with van der Waals surface area (Å²) in [5.74, 6) is -1.01. The van der Waals surface area contributed by atoms with E-state index in [0.717, 1.165) is 23.9 Å². The molecular formula is C19H15F3N2O3S. The molecule has 0 aliphatic rings. The minimum atomic E-state index is -4.87. The lowest BCUT2D eigenvalue weighted by Crippen LogP contribution is -2.32. The lowest BCUT2D eigenvalue weighted by molar-refractivity contribution is -0.139. The highest BCUT2D eigenvalue weighted by Gasteiger charge is 2.37. The Kier molecular flexibility index (Phi) is 5.03. The maximum atomic E-state index is 13.1. The molecule has 0 spiro atoms. The van der Waals surface area contributed by atoms with Crippen molar-refractivity contribution in [1.29, 1.82) is 0 Å². The van der Waals surface area contributed by atoms with Gasteiger partial charge in [-0.2, -0.15) is 13.2 Å². The van der Waals surface area contributed by atoms with Crippen LogP contribution in [-0.2, 0) is 16.2 Å². The highest BCUT2D eigenvalue weighted by molar-refractivity contribution is 7.90. The SMILES string of the molecule is Cc1cc(C(=O)NS(=O)(=O)c2ccccc2C(F)(F)F)ccc1-n1cccc1. The average molecular weight is 408 g/mol. The largest absolute Gasteiger partial charge is 0.417 e. The van der Waals surface area contributed by atoms with Gasteiger partial charge in [-0.05, 0) is 55.0 Å². The molecule has 1 heterocycles. The first kappa shape index (κ1) is 19.7. The van der Waals surface area contributed by atoms with Gasteiger partial charge in [-0.15, -0.1) is 0 Å². The molecule has 0 aliphatic heterocycles. The van der Waals surface area contributed by atoms with Crippen molar-refractivity contribution in [3.05, 3.63) is 83.7 Å². The van der Waals surface area contributed by atoms with Crippen LogP contribution in [0, 0.1) is 6.92 Å². The second-order valence-electron chi connectivity index (χ2n) is 6.02. The number of sulfonamides is 1. The molecule has 3 aromatic rings. The number of benzene rings is 2. The number of carbonyl (C=O) groups excluding carboxylic acids is 1. The van der Waals surface area contributed by atoms with Gasteiger partial charge in [0.25, 0.3) is 15.9 Å². The van der Waals surface area contributed by atoms with Gasteiger partial charge in [-0.1, -0.05) is 12.1 Å². The molecule has 5 nitrogen and oxygen atoms in total. The molecule has 0 saturated carbocycles. The van der Waals surface area contributed by atoms with E-state index < -0.39 is 32.6 Å². The zero-order valence-electron chi connectivity index (χ0n) is 14.6. The van der Waals surface area contributed by atoms with Crippen LogP contribution in [0.2, 0.25) is 0 Å². The van der Waals surface area contributed by atoms with Gasteiger partial charge in [0.05, 0.1) is 10.5 Å². The second-order valence-corrected chi connectivity index (χ2v) is 7.67. The number of rotatable bonds is 4. The van der Waals surface area contributed by atoms with E-state index in [9.17, 15) is 26.4 Å². The van der Waals surface area contributed by atoms with Crippen LogP contribution >= 0.6 is 0 Å². The van der Waals surface area contributed by atoms with Gasteiger partial charge in [0.2, 0.25) is 0 Å². The molecule has 2 aromatic carbocycles. The first-order chi connectivity index (χ1) is 13.1. The van der Waals surface area contributed by atoms with E-state index in [0.29, 0.717) is 11.6 Å². The maximum Gasteiger partial charge on any atom is 0.417 e. The standard InChI is InChI=1S/C19H15F3N2O3S/c1-13-12-14(8-9-16(13)24-10-4-5-11-24)18(25)23-28(26,27)17-7-3-2-6-15(17)19(20,21)22/h2-12H,1H3,(H,23,25). The van der Waals surface area contributed by atoms with Crippen LogP contribution in [0.25, 0.3) is 5.69 Å². The second kappa shape index (κ2) is 7.16. The van der Waals surface area contributed by atoms with Gasteiger partial charge < -0.3 is 4.57 Å². The van der Waals surface area contributed by atoms with Crippen molar-refractivity contribution in [1.82, 2.24) is 9.29 Å². The Bertz CT molecular complexity index is 1120. The summed E-state index contributed by atoms with van der Waals surface area (Å²) in [6.07, 6.45) is -1.26. The van der Waals surface area contributed by atoms with Crippen LogP contribution in [0.15, 0.2) is 71.9 Å². The van der Waals surface area contributed by atoms with Gasteiger partial charge in [-0.3, -0.25) is 4.79 Å². The number of carbonyl (C=O) groups is 1. The molecular weight excluding hydrogens is 393 g/mol. The highest BCUT2D eigenvalue weighted by Crippen LogP contribution is 2.33. The fraction of sp³-hybridized carbons (Fsp3) is 0.105. The molecule has 28 heavy (non-hydrogen) atoms. The molecule has 146 valence electrons. The molecule has 0 bridgehead atoms. The quantitative estimate of drug-likeness (QED) is 0.712. The predicted octanol–water partition coefficient (Wildman–Crippen LogP) is 3.92. The Morgan fingerprint density at radius 1 is 1.00 bits per heavy atom. The number of nitrogens with one attached hydrogen (secondary N) is 1. The summed E-state index contributed by atoms with van der Waals surface area (Å²) >= 11 is 0. The Morgan fingerprint density at radius 3 is 2.25 bits per heavy atom. The molecule has 0 fully saturated rings. The van der Waals surface area contributed by atoms with E-state index in [1.165, 1.54) is 12.1 Å². The van der Waals surface area contributed by atoms with Gasteiger partial charge in [0.1, 0.15) is 0 Å². The molecule has 3 rings (SSSR count). The lowest BCUT2D eigenvalue weighted by Gasteiger charge is -2.14. The van der Waals surface area contributed by atoms with Crippen molar-refractivity contribution in [3.63, 3.8) is 0 Å². The van der Waals surface area contributed by atoms with Crippen molar-refractivity contribution in [2.45, 2.75) is 18.0 Å². The van der Waals surface area contributed by atoms with E-state index in [-0.39, 0.29) is 5.56 Å². The fourth-order valence-corrected chi connectivity index (χ4v) is 3.96. The average Bonchev–Trinajstić information content (AvgIpc) is 3.15. The number of alkyl halides is 3. The molecule has 0 saturated heterocycles. The van der Waals surface area contributed by atoms with Gasteiger partial charge in [0, 0.05) is 23.6 Å². The van der Waals surface area contributed by atoms with Gasteiger partial charge in [-0.25, -0.2) is 13.1 Å². The van der Waals surface area contributed by atoms with E-state index >= 15 is 0 Å². The Hall–Kier alpha value is -3.07. The van der Waals surface area contributed by atoms with Crippen molar-refractivity contribution < 1.29 is 26.4 Å². The number of aryl methyl sites for hydroxylation is 1. The van der Waals surface area contributed by atoms with Crippen molar-refractivity contribution in [2.75, 3.05) is 0 Å². The van der Waals surface area contributed by atoms with E-state index in [2.05, 4.69) is 0 Å². The van der Waals surface area contributed by atoms with Crippen LogP contribution in [0.4, 0.5) is 13.2 Å². The lowest BCUT2D eigenvalue weighted by atomic mass is 10.1. The Balaban J connectivity index is 1.90. The minimum absolute atomic E-state index is 0.0153. The number of hydrogen-bond acceptors (Lipinski definition) is 3. The Morgan fingerprint density at radius 2 is 1.64 bits per heavy atom. The minimum Gasteiger partial charge on any atom is -0.324 e. The topological polar surface area (TPSA) is 68.2 Å². The van der Waals surface area contributed by atoms with E-state index in [4.69, 9.17) is 0 Å². The van der Waals surface area contributed by atoms with E-state index in [1.807, 2.05) is 16.7 Å². The monoisotopic (exact) mass is 408 g/mol. The fourth-order valence-electron chi connectivity index (χ4n) is 2.75. The number of hydrogen-bond donors (Lipinski definition) is 1. The molecule has 0 radical (unpaired) electrons. The summed E-state index contributed by atoms with van der Waals surface area (Å²) in [6.45, 7) is 1.74. The van der Waals surface area contributed by atoms with Crippen LogP contribution in [0.1, 0.15) is 21.5 Å². The predicted molar refractivity (Wildman–Crippen MR) is 96.6 cm³/mol. The molecule has 0 unspecified atom stereocenters. The number of halogens is 3. The summed E-state index contributed by atoms with van der Waals surface area (Å²) in [7, 11) is -4.71. The van der Waals surface area contributed by atoms with Crippen molar-refractivity contribution in [3.8, 4) is 5.69 Å². The number of nitrogens with zero attached hydrogens (tertiary/aromatic N) is 1. The summed E-state index contributed by atoms with van der Waals surface area (Å²) in [5.41, 5.74) is 0.152. The zero-order valence-corrected chi connectivity index (χ0v) is 15.4. The summed E-state index contributed by atoms with van der Waals surface area (Å²) in [4.78, 5) is 11.4. The van der Waals surface area contributed by atoms with Crippen molar-refractivity contribution in [2.24, 2.45) is 0 Å². The summed E-state index contributed by atoms with van der Waals surface area (Å²) < 4.78 is 67.6. The Labute approximate surface area is 159 Å². The van der Waals surface area contributed by atoms with Gasteiger partial charge in [0.15, 0.2) is 0 Å². The van der Waals surface area contributed by atoms with E-state index in [1.54, 1.807) is 30.1 Å². The maximum absolute atomic E-state index is 13.1. The highest BCUT2D eigenvalue weighted by atomic mass is 32.2. The third-order valence-electron chi connectivity index (χ3n) is 4.05. The first-order valence-electron chi connectivity index (χ1n) is 8.07. The first-order valence-corrected chi connectivity index (χ1v) is 9.55. The van der Waals surface area contributed by atoms with Crippen LogP contribution < -0.4 is 4.72 Å². The molecule has 1 N–H and O–H groups in total. The third kappa shape index (κ3) is 3.94. The summed E-state index contributed by atoms with van der Waals surface area (Å²) in [5, 5.41) is 0.